The van der Waals surface area contributed by atoms with Crippen LogP contribution in [0.15, 0.2) is 91.0 Å². The lowest BCUT2D eigenvalue weighted by Gasteiger charge is -2.22. The summed E-state index contributed by atoms with van der Waals surface area (Å²) in [6, 6.07) is 28.8. The molecule has 2 atom stereocenters. The van der Waals surface area contributed by atoms with Crippen LogP contribution in [0.2, 0.25) is 0 Å². The summed E-state index contributed by atoms with van der Waals surface area (Å²) in [5.74, 6) is 0.677. The minimum Gasteiger partial charge on any atom is -0.488 e. The largest absolute Gasteiger partial charge is 0.488 e. The highest BCUT2D eigenvalue weighted by Crippen LogP contribution is 2.43. The second-order valence-electron chi connectivity index (χ2n) is 11.5. The van der Waals surface area contributed by atoms with E-state index in [4.69, 9.17) is 18.9 Å². The number of carbonyl (C=O) groups excluding carboxylic acids is 2. The van der Waals surface area contributed by atoms with E-state index in [0.717, 1.165) is 38.2 Å². The quantitative estimate of drug-likeness (QED) is 0.105. The number of hydrogen-bond acceptors (Lipinski definition) is 6. The van der Waals surface area contributed by atoms with Crippen molar-refractivity contribution < 1.29 is 28.5 Å². The van der Waals surface area contributed by atoms with Crippen LogP contribution in [-0.4, -0.2) is 37.4 Å². The third kappa shape index (κ3) is 7.46. The van der Waals surface area contributed by atoms with Crippen LogP contribution in [-0.2, 0) is 9.47 Å². The normalized spacial score (nSPS) is 12.5. The van der Waals surface area contributed by atoms with E-state index >= 15 is 0 Å². The Balaban J connectivity index is 1.40. The fourth-order valence-electron chi connectivity index (χ4n) is 5.17. The predicted octanol–water partition coefficient (Wildman–Crippen LogP) is 8.95. The molecule has 0 aromatic heterocycles. The fraction of sp³-hybridized carbons (Fsp3) is 0.282. The van der Waals surface area contributed by atoms with Crippen molar-refractivity contribution >= 4 is 33.5 Å². The molecule has 0 bridgehead atoms. The van der Waals surface area contributed by atoms with Crippen LogP contribution in [0.25, 0.3) is 21.5 Å². The molecule has 0 saturated heterocycles. The molecule has 6 heteroatoms. The zero-order valence-corrected chi connectivity index (χ0v) is 26.6. The van der Waals surface area contributed by atoms with Gasteiger partial charge in [-0.25, -0.2) is 9.59 Å². The molecular weight excluding hydrogens is 564 g/mol. The van der Waals surface area contributed by atoms with E-state index in [2.05, 4.69) is 6.07 Å². The molecule has 5 aromatic rings. The minimum atomic E-state index is -0.429. The van der Waals surface area contributed by atoms with Gasteiger partial charge in [-0.05, 0) is 63.9 Å². The van der Waals surface area contributed by atoms with Crippen molar-refractivity contribution in [2.75, 3.05) is 13.2 Å². The lowest BCUT2D eigenvalue weighted by Crippen LogP contribution is -2.25. The Morgan fingerprint density at radius 2 is 0.933 bits per heavy atom. The Kier molecular flexibility index (Phi) is 10.0. The first-order valence-electron chi connectivity index (χ1n) is 15.5. The van der Waals surface area contributed by atoms with Crippen LogP contribution < -0.4 is 9.47 Å². The second-order valence-corrected chi connectivity index (χ2v) is 11.5. The molecule has 5 aromatic carbocycles. The van der Waals surface area contributed by atoms with Crippen molar-refractivity contribution in [1.82, 2.24) is 0 Å². The zero-order chi connectivity index (χ0) is 31.9. The SMILES string of the molecule is CCC(COc1c2ccccc2c(OCC(CC)OC(=O)c2ccc(C)cc2)c2cc(C)ccc12)OC(=O)c1ccc(C)cc1. The molecule has 232 valence electrons. The first-order valence-corrected chi connectivity index (χ1v) is 15.5. The first kappa shape index (κ1) is 31.6. The zero-order valence-electron chi connectivity index (χ0n) is 26.6. The molecule has 0 aliphatic rings. The maximum Gasteiger partial charge on any atom is 0.338 e. The van der Waals surface area contributed by atoms with E-state index in [1.807, 2.05) is 95.3 Å². The highest BCUT2D eigenvalue weighted by molar-refractivity contribution is 6.11. The minimum absolute atomic E-state index is 0.203. The molecule has 0 aliphatic carbocycles. The van der Waals surface area contributed by atoms with Crippen LogP contribution in [0.4, 0.5) is 0 Å². The van der Waals surface area contributed by atoms with Gasteiger partial charge in [0.05, 0.1) is 11.1 Å². The van der Waals surface area contributed by atoms with Crippen molar-refractivity contribution in [2.45, 2.75) is 59.7 Å². The number of carbonyl (C=O) groups is 2. The number of aryl methyl sites for hydroxylation is 3. The van der Waals surface area contributed by atoms with E-state index in [1.165, 1.54) is 0 Å². The second kappa shape index (κ2) is 14.3. The van der Waals surface area contributed by atoms with E-state index in [1.54, 1.807) is 24.3 Å². The maximum atomic E-state index is 12.8. The van der Waals surface area contributed by atoms with Crippen LogP contribution in [0.3, 0.4) is 0 Å². The van der Waals surface area contributed by atoms with Crippen molar-refractivity contribution in [2.24, 2.45) is 0 Å². The smallest absolute Gasteiger partial charge is 0.338 e. The molecule has 0 N–H and O–H groups in total. The van der Waals surface area contributed by atoms with Crippen molar-refractivity contribution in [3.05, 3.63) is 119 Å². The molecule has 5 rings (SSSR count). The van der Waals surface area contributed by atoms with Crippen LogP contribution >= 0.6 is 0 Å². The summed E-state index contributed by atoms with van der Waals surface area (Å²) in [5.41, 5.74) is 4.27. The average Bonchev–Trinajstić information content (AvgIpc) is 3.05. The number of esters is 2. The molecule has 0 fully saturated rings. The van der Waals surface area contributed by atoms with Crippen molar-refractivity contribution in [3.63, 3.8) is 0 Å². The molecule has 0 amide bonds. The van der Waals surface area contributed by atoms with Crippen molar-refractivity contribution in [1.29, 1.82) is 0 Å². The van der Waals surface area contributed by atoms with Gasteiger partial charge in [-0.3, -0.25) is 0 Å². The predicted molar refractivity (Wildman–Crippen MR) is 179 cm³/mol. The van der Waals surface area contributed by atoms with Gasteiger partial charge in [-0.1, -0.05) is 91.2 Å². The van der Waals surface area contributed by atoms with Gasteiger partial charge in [0, 0.05) is 21.5 Å². The van der Waals surface area contributed by atoms with Crippen LogP contribution in [0, 0.1) is 20.8 Å². The van der Waals surface area contributed by atoms with Crippen molar-refractivity contribution in [3.8, 4) is 11.5 Å². The van der Waals surface area contributed by atoms with E-state index in [-0.39, 0.29) is 25.2 Å². The summed E-state index contributed by atoms with van der Waals surface area (Å²) in [6.07, 6.45) is 0.352. The third-order valence-electron chi connectivity index (χ3n) is 7.94. The van der Waals surface area contributed by atoms with Gasteiger partial charge >= 0.3 is 11.9 Å². The van der Waals surface area contributed by atoms with Gasteiger partial charge in [0.1, 0.15) is 36.9 Å². The summed E-state index contributed by atoms with van der Waals surface area (Å²) in [5, 5.41) is 3.55. The van der Waals surface area contributed by atoms with Gasteiger partial charge in [-0.15, -0.1) is 0 Å². The highest BCUT2D eigenvalue weighted by Gasteiger charge is 2.22. The molecule has 0 spiro atoms. The average molecular weight is 605 g/mol. The Labute approximate surface area is 264 Å². The number of fused-ring (bicyclic) bond motifs is 2. The summed E-state index contributed by atoms with van der Waals surface area (Å²) in [4.78, 5) is 25.7. The Hall–Kier alpha value is -4.84. The van der Waals surface area contributed by atoms with Gasteiger partial charge < -0.3 is 18.9 Å². The van der Waals surface area contributed by atoms with E-state index < -0.39 is 12.2 Å². The monoisotopic (exact) mass is 604 g/mol. The third-order valence-corrected chi connectivity index (χ3v) is 7.94. The van der Waals surface area contributed by atoms with E-state index in [9.17, 15) is 9.59 Å². The van der Waals surface area contributed by atoms with Gasteiger partial charge in [0.15, 0.2) is 0 Å². The standard InChI is InChI=1S/C39H40O6/c1-6-30(44-38(40)28-17-12-25(3)13-18-28)23-42-36-32-10-8-9-11-33(32)37(35-22-27(5)16-21-34(35)36)43-24-31(7-2)45-39(41)29-19-14-26(4)15-20-29/h8-22,30-31H,6-7,23-24H2,1-5H3. The summed E-state index contributed by atoms with van der Waals surface area (Å²) < 4.78 is 24.7. The fourth-order valence-corrected chi connectivity index (χ4v) is 5.17. The lowest BCUT2D eigenvalue weighted by atomic mass is 9.99. The van der Waals surface area contributed by atoms with E-state index in [0.29, 0.717) is 35.5 Å². The molecule has 45 heavy (non-hydrogen) atoms. The number of ether oxygens (including phenoxy) is 4. The molecule has 2 unspecified atom stereocenters. The van der Waals surface area contributed by atoms with Gasteiger partial charge in [0.2, 0.25) is 0 Å². The Bertz CT molecular complexity index is 1790. The number of hydrogen-bond donors (Lipinski definition) is 0. The first-order chi connectivity index (χ1) is 21.8. The van der Waals surface area contributed by atoms with Gasteiger partial charge in [0.25, 0.3) is 0 Å². The van der Waals surface area contributed by atoms with Gasteiger partial charge in [-0.2, -0.15) is 0 Å². The highest BCUT2D eigenvalue weighted by atomic mass is 16.6. The maximum absolute atomic E-state index is 12.8. The summed E-state index contributed by atoms with van der Waals surface area (Å²) in [6.45, 7) is 10.4. The molecular formula is C39H40O6. The lowest BCUT2D eigenvalue weighted by molar-refractivity contribution is 0.0159. The summed E-state index contributed by atoms with van der Waals surface area (Å²) >= 11 is 0. The molecule has 6 nitrogen and oxygen atoms in total. The topological polar surface area (TPSA) is 71.1 Å². The molecule has 0 radical (unpaired) electrons. The number of rotatable bonds is 12. The van der Waals surface area contributed by atoms with Crippen LogP contribution in [0.1, 0.15) is 64.1 Å². The number of benzene rings is 5. The Morgan fingerprint density at radius 1 is 0.533 bits per heavy atom. The molecule has 0 saturated carbocycles. The molecule has 0 heterocycles. The van der Waals surface area contributed by atoms with Crippen LogP contribution in [0.5, 0.6) is 11.5 Å². The Morgan fingerprint density at radius 3 is 1.38 bits per heavy atom. The molecule has 0 aliphatic heterocycles. The summed E-state index contributed by atoms with van der Waals surface area (Å²) in [7, 11) is 0.